The molecular formula is C18H27ClN4O2S. The van der Waals surface area contributed by atoms with Gasteiger partial charge in [0.25, 0.3) is 0 Å². The van der Waals surface area contributed by atoms with Gasteiger partial charge in [0.15, 0.2) is 0 Å². The lowest BCUT2D eigenvalue weighted by Crippen LogP contribution is -2.66. The first-order chi connectivity index (χ1) is 12.1. The Hall–Kier alpha value is -1.15. The van der Waals surface area contributed by atoms with Crippen molar-refractivity contribution in [2.75, 3.05) is 26.2 Å². The quantitative estimate of drug-likeness (QED) is 0.801. The zero-order valence-electron chi connectivity index (χ0n) is 15.5. The van der Waals surface area contributed by atoms with Gasteiger partial charge in [-0.25, -0.2) is 8.42 Å². The first-order valence-electron chi connectivity index (χ1n) is 8.96. The number of nitrogens with one attached hydrogen (secondary N) is 2. The summed E-state index contributed by atoms with van der Waals surface area (Å²) in [7, 11) is -3.50. The third-order valence-corrected chi connectivity index (χ3v) is 6.98. The molecule has 1 saturated heterocycles. The molecule has 1 spiro atoms. The highest BCUT2D eigenvalue weighted by Crippen LogP contribution is 2.29. The second-order valence-corrected chi connectivity index (χ2v) is 10.3. The van der Waals surface area contributed by atoms with Crippen LogP contribution in [0.15, 0.2) is 34.2 Å². The van der Waals surface area contributed by atoms with E-state index >= 15 is 0 Å². The Bertz CT molecular complexity index is 776. The van der Waals surface area contributed by atoms with Crippen LogP contribution in [0.1, 0.15) is 33.6 Å². The molecule has 8 heteroatoms. The molecule has 6 nitrogen and oxygen atoms in total. The van der Waals surface area contributed by atoms with Crippen LogP contribution in [0.2, 0.25) is 5.02 Å². The molecule has 26 heavy (non-hydrogen) atoms. The molecule has 0 saturated carbocycles. The monoisotopic (exact) mass is 398 g/mol. The average molecular weight is 399 g/mol. The summed E-state index contributed by atoms with van der Waals surface area (Å²) in [5.41, 5.74) is -0.352. The molecule has 2 aliphatic rings. The van der Waals surface area contributed by atoms with E-state index in [2.05, 4.69) is 31.4 Å². The third-order valence-electron chi connectivity index (χ3n) is 4.82. The zero-order valence-corrected chi connectivity index (χ0v) is 17.1. The van der Waals surface area contributed by atoms with E-state index in [1.807, 2.05) is 0 Å². The van der Waals surface area contributed by atoms with Crippen molar-refractivity contribution >= 4 is 27.5 Å². The summed E-state index contributed by atoms with van der Waals surface area (Å²) < 4.78 is 27.4. The fourth-order valence-electron chi connectivity index (χ4n) is 3.49. The fraction of sp³-hybridized carbons (Fsp3) is 0.611. The normalized spacial score (nSPS) is 21.5. The summed E-state index contributed by atoms with van der Waals surface area (Å²) in [6.45, 7) is 8.81. The maximum Gasteiger partial charge on any atom is 0.243 e. The van der Waals surface area contributed by atoms with Crippen LogP contribution in [0.5, 0.6) is 0 Å². The van der Waals surface area contributed by atoms with Gasteiger partial charge in [-0.1, -0.05) is 11.6 Å². The average Bonchev–Trinajstić information content (AvgIpc) is 2.57. The number of halogens is 1. The molecular weight excluding hydrogens is 372 g/mol. The highest BCUT2D eigenvalue weighted by atomic mass is 35.5. The van der Waals surface area contributed by atoms with Crippen LogP contribution in [0.25, 0.3) is 0 Å². The third kappa shape index (κ3) is 4.06. The minimum Gasteiger partial charge on any atom is -0.368 e. The van der Waals surface area contributed by atoms with Crippen molar-refractivity contribution in [1.82, 2.24) is 14.9 Å². The maximum absolute atomic E-state index is 12.9. The standard InChI is InChI=1S/C18H27ClN4O2S/c1-17(2,3)22-16-18(21-11-10-20-16)8-12-23(13-9-18)26(24,25)15-6-4-14(19)5-7-15/h4-7,21H,8-13H2,1-3H3,(H,20,22). The lowest BCUT2D eigenvalue weighted by atomic mass is 9.85. The smallest absolute Gasteiger partial charge is 0.243 e. The van der Waals surface area contributed by atoms with Crippen LogP contribution >= 0.6 is 11.6 Å². The van der Waals surface area contributed by atoms with Crippen LogP contribution in [0.4, 0.5) is 0 Å². The van der Waals surface area contributed by atoms with Crippen molar-refractivity contribution in [3.63, 3.8) is 0 Å². The van der Waals surface area contributed by atoms with E-state index < -0.39 is 10.0 Å². The van der Waals surface area contributed by atoms with Crippen LogP contribution < -0.4 is 10.6 Å². The van der Waals surface area contributed by atoms with E-state index in [0.717, 1.165) is 18.9 Å². The number of hydrogen-bond acceptors (Lipinski definition) is 5. The Morgan fingerprint density at radius 2 is 1.81 bits per heavy atom. The van der Waals surface area contributed by atoms with Gasteiger partial charge in [0.2, 0.25) is 10.0 Å². The summed E-state index contributed by atoms with van der Waals surface area (Å²) in [6.07, 6.45) is 1.39. The van der Waals surface area contributed by atoms with Crippen molar-refractivity contribution in [3.05, 3.63) is 29.3 Å². The van der Waals surface area contributed by atoms with E-state index in [4.69, 9.17) is 16.6 Å². The molecule has 0 aliphatic carbocycles. The predicted molar refractivity (Wildman–Crippen MR) is 105 cm³/mol. The number of aliphatic imine (C=N–C) groups is 1. The van der Waals surface area contributed by atoms with E-state index in [0.29, 0.717) is 31.0 Å². The summed E-state index contributed by atoms with van der Waals surface area (Å²) in [5.74, 6) is 0.958. The van der Waals surface area contributed by atoms with Crippen molar-refractivity contribution in [2.24, 2.45) is 4.99 Å². The molecule has 0 unspecified atom stereocenters. The minimum absolute atomic E-state index is 0.0859. The molecule has 1 aromatic carbocycles. The molecule has 2 heterocycles. The second-order valence-electron chi connectivity index (χ2n) is 7.97. The molecule has 0 amide bonds. The number of hydrogen-bond donors (Lipinski definition) is 2. The highest BCUT2D eigenvalue weighted by Gasteiger charge is 2.43. The first-order valence-corrected chi connectivity index (χ1v) is 10.8. The van der Waals surface area contributed by atoms with Crippen molar-refractivity contribution in [3.8, 4) is 0 Å². The Kier molecular flexibility index (Phi) is 5.36. The number of amidine groups is 1. The molecule has 0 atom stereocenters. The first kappa shape index (κ1) is 19.6. The lowest BCUT2D eigenvalue weighted by Gasteiger charge is -2.46. The van der Waals surface area contributed by atoms with Gasteiger partial charge in [0.1, 0.15) is 5.84 Å². The van der Waals surface area contributed by atoms with E-state index in [9.17, 15) is 8.42 Å². The van der Waals surface area contributed by atoms with Crippen LogP contribution in [-0.4, -0.2) is 55.8 Å². The van der Waals surface area contributed by atoms with Gasteiger partial charge in [0.05, 0.1) is 17.0 Å². The van der Waals surface area contributed by atoms with Crippen LogP contribution in [-0.2, 0) is 10.0 Å². The molecule has 3 rings (SSSR count). The largest absolute Gasteiger partial charge is 0.368 e. The molecule has 0 radical (unpaired) electrons. The Morgan fingerprint density at radius 3 is 2.38 bits per heavy atom. The summed E-state index contributed by atoms with van der Waals surface area (Å²) in [6, 6.07) is 6.35. The molecule has 144 valence electrons. The Labute approximate surface area is 161 Å². The molecule has 1 aromatic rings. The van der Waals surface area contributed by atoms with Gasteiger partial charge >= 0.3 is 0 Å². The minimum atomic E-state index is -3.50. The van der Waals surface area contributed by atoms with Crippen LogP contribution in [0, 0.1) is 0 Å². The van der Waals surface area contributed by atoms with Crippen molar-refractivity contribution in [1.29, 1.82) is 0 Å². The summed E-state index contributed by atoms with van der Waals surface area (Å²) in [5, 5.41) is 7.64. The fourth-order valence-corrected chi connectivity index (χ4v) is 5.06. The molecule has 1 fully saturated rings. The molecule has 2 aliphatic heterocycles. The topological polar surface area (TPSA) is 73.8 Å². The molecule has 0 aromatic heterocycles. The lowest BCUT2D eigenvalue weighted by molar-refractivity contribution is 0.238. The number of sulfonamides is 1. The van der Waals surface area contributed by atoms with E-state index in [-0.39, 0.29) is 16.0 Å². The summed E-state index contributed by atoms with van der Waals surface area (Å²) >= 11 is 5.88. The highest BCUT2D eigenvalue weighted by molar-refractivity contribution is 7.89. The van der Waals surface area contributed by atoms with Gasteiger partial charge in [-0.05, 0) is 57.9 Å². The molecule has 0 bridgehead atoms. The predicted octanol–water partition coefficient (Wildman–Crippen LogP) is 2.25. The second kappa shape index (κ2) is 7.11. The van der Waals surface area contributed by atoms with Gasteiger partial charge in [-0.3, -0.25) is 4.99 Å². The van der Waals surface area contributed by atoms with Gasteiger partial charge in [-0.15, -0.1) is 0 Å². The van der Waals surface area contributed by atoms with Gasteiger partial charge < -0.3 is 10.6 Å². The maximum atomic E-state index is 12.9. The number of benzene rings is 1. The van der Waals surface area contributed by atoms with Crippen LogP contribution in [0.3, 0.4) is 0 Å². The van der Waals surface area contributed by atoms with Crippen molar-refractivity contribution < 1.29 is 8.42 Å². The summed E-state index contributed by atoms with van der Waals surface area (Å²) in [4.78, 5) is 5.00. The van der Waals surface area contributed by atoms with Gasteiger partial charge in [-0.2, -0.15) is 4.31 Å². The molecule has 2 N–H and O–H groups in total. The SMILES string of the molecule is CC(C)(C)NC1=NCCNC12CCN(S(=O)(=O)c1ccc(Cl)cc1)CC2. The zero-order chi connectivity index (χ0) is 19.0. The number of piperidine rings is 1. The van der Waals surface area contributed by atoms with E-state index in [1.165, 1.54) is 0 Å². The number of rotatable bonds is 2. The van der Waals surface area contributed by atoms with E-state index in [1.54, 1.807) is 28.6 Å². The van der Waals surface area contributed by atoms with Crippen molar-refractivity contribution in [2.45, 2.75) is 49.6 Å². The Morgan fingerprint density at radius 1 is 1.19 bits per heavy atom. The Balaban J connectivity index is 1.76. The number of nitrogens with zero attached hydrogens (tertiary/aromatic N) is 2. The van der Waals surface area contributed by atoms with Gasteiger partial charge in [0, 0.05) is 30.2 Å².